The third-order valence-corrected chi connectivity index (χ3v) is 3.16. The van der Waals surface area contributed by atoms with Crippen LogP contribution in [0.2, 0.25) is 0 Å². The number of fused-ring (bicyclic) bond motifs is 1. The van der Waals surface area contributed by atoms with Crippen LogP contribution in [0.5, 0.6) is 0 Å². The van der Waals surface area contributed by atoms with Gasteiger partial charge in [0, 0.05) is 11.9 Å². The molecule has 0 aliphatic carbocycles. The van der Waals surface area contributed by atoms with Crippen LogP contribution >= 0.6 is 0 Å². The van der Waals surface area contributed by atoms with Crippen molar-refractivity contribution >= 4 is 11.0 Å². The Hall–Kier alpha value is -1.32. The first-order valence-electron chi connectivity index (χ1n) is 6.21. The topological polar surface area (TPSA) is 42.4 Å². The summed E-state index contributed by atoms with van der Waals surface area (Å²) in [6.45, 7) is 7.17. The lowest BCUT2D eigenvalue weighted by Gasteiger charge is -2.21. The summed E-state index contributed by atoms with van der Waals surface area (Å²) < 4.78 is 5.77. The van der Waals surface area contributed by atoms with Crippen molar-refractivity contribution in [3.05, 3.63) is 36.1 Å². The minimum absolute atomic E-state index is 0.0534. The molecule has 0 fully saturated rings. The number of benzene rings is 1. The van der Waals surface area contributed by atoms with Crippen LogP contribution in [0.4, 0.5) is 0 Å². The van der Waals surface area contributed by atoms with E-state index in [2.05, 4.69) is 18.7 Å². The maximum absolute atomic E-state index is 6.18. The summed E-state index contributed by atoms with van der Waals surface area (Å²) in [5.74, 6) is 0.873. The predicted octanol–water partition coefficient (Wildman–Crippen LogP) is 2.77. The Bertz CT molecular complexity index is 441. The number of nitrogens with two attached hydrogens (primary N) is 1. The molecule has 0 saturated heterocycles. The van der Waals surface area contributed by atoms with E-state index < -0.39 is 0 Å². The molecule has 0 spiro atoms. The number of hydrogen-bond acceptors (Lipinski definition) is 3. The van der Waals surface area contributed by atoms with E-state index in [1.54, 1.807) is 0 Å². The Morgan fingerprint density at radius 2 is 1.94 bits per heavy atom. The second-order valence-corrected chi connectivity index (χ2v) is 4.28. The molecule has 3 heteroatoms. The molecule has 1 aromatic carbocycles. The van der Waals surface area contributed by atoms with Gasteiger partial charge in [-0.3, -0.25) is 0 Å². The summed E-state index contributed by atoms with van der Waals surface area (Å²) >= 11 is 0. The first-order valence-corrected chi connectivity index (χ1v) is 6.21. The van der Waals surface area contributed by atoms with Crippen LogP contribution in [-0.4, -0.2) is 24.5 Å². The highest BCUT2D eigenvalue weighted by atomic mass is 16.3. The van der Waals surface area contributed by atoms with Crippen molar-refractivity contribution in [1.29, 1.82) is 0 Å². The number of furan rings is 1. The van der Waals surface area contributed by atoms with E-state index in [0.717, 1.165) is 36.4 Å². The molecule has 0 bridgehead atoms. The second kappa shape index (κ2) is 5.34. The van der Waals surface area contributed by atoms with Gasteiger partial charge in [0.2, 0.25) is 0 Å². The molecule has 2 aromatic rings. The van der Waals surface area contributed by atoms with Gasteiger partial charge in [-0.1, -0.05) is 32.0 Å². The molecular formula is C14H20N2O. The maximum atomic E-state index is 6.18. The second-order valence-electron chi connectivity index (χ2n) is 4.28. The average molecular weight is 232 g/mol. The minimum Gasteiger partial charge on any atom is -0.459 e. The van der Waals surface area contributed by atoms with Crippen LogP contribution in [0, 0.1) is 0 Å². The fraction of sp³-hybridized carbons (Fsp3) is 0.429. The van der Waals surface area contributed by atoms with E-state index in [0.29, 0.717) is 0 Å². The van der Waals surface area contributed by atoms with Crippen LogP contribution in [0.3, 0.4) is 0 Å². The zero-order chi connectivity index (χ0) is 12.3. The van der Waals surface area contributed by atoms with Crippen LogP contribution in [0.1, 0.15) is 25.6 Å². The minimum atomic E-state index is -0.0534. The molecule has 0 amide bonds. The highest BCUT2D eigenvalue weighted by molar-refractivity contribution is 5.77. The number of rotatable bonds is 5. The zero-order valence-corrected chi connectivity index (χ0v) is 10.5. The molecule has 17 heavy (non-hydrogen) atoms. The molecule has 0 saturated carbocycles. The van der Waals surface area contributed by atoms with E-state index in [9.17, 15) is 0 Å². The molecule has 1 atom stereocenters. The van der Waals surface area contributed by atoms with Gasteiger partial charge in [0.25, 0.3) is 0 Å². The smallest absolute Gasteiger partial charge is 0.134 e. The normalized spacial score (nSPS) is 13.4. The van der Waals surface area contributed by atoms with Crippen molar-refractivity contribution < 1.29 is 4.42 Å². The van der Waals surface area contributed by atoms with Gasteiger partial charge in [-0.15, -0.1) is 0 Å². The Morgan fingerprint density at radius 1 is 1.24 bits per heavy atom. The summed E-state index contributed by atoms with van der Waals surface area (Å²) in [5, 5.41) is 1.12. The summed E-state index contributed by atoms with van der Waals surface area (Å²) in [7, 11) is 0. The third-order valence-electron chi connectivity index (χ3n) is 3.16. The van der Waals surface area contributed by atoms with Crippen LogP contribution in [0.25, 0.3) is 11.0 Å². The molecule has 2 rings (SSSR count). The summed E-state index contributed by atoms with van der Waals surface area (Å²) in [6.07, 6.45) is 0. The first kappa shape index (κ1) is 12.1. The molecule has 1 heterocycles. The van der Waals surface area contributed by atoms with Crippen molar-refractivity contribution in [1.82, 2.24) is 4.90 Å². The molecule has 0 aliphatic rings. The van der Waals surface area contributed by atoms with Gasteiger partial charge in [-0.25, -0.2) is 0 Å². The van der Waals surface area contributed by atoms with Crippen LogP contribution in [0.15, 0.2) is 34.7 Å². The number of para-hydroxylation sites is 1. The van der Waals surface area contributed by atoms with E-state index in [4.69, 9.17) is 10.2 Å². The molecule has 0 aliphatic heterocycles. The monoisotopic (exact) mass is 232 g/mol. The molecule has 1 unspecified atom stereocenters. The van der Waals surface area contributed by atoms with Gasteiger partial charge in [0.1, 0.15) is 11.3 Å². The lowest BCUT2D eigenvalue weighted by Crippen LogP contribution is -2.31. The van der Waals surface area contributed by atoms with Gasteiger partial charge in [0.15, 0.2) is 0 Å². The predicted molar refractivity (Wildman–Crippen MR) is 70.9 cm³/mol. The van der Waals surface area contributed by atoms with Crippen molar-refractivity contribution in [2.24, 2.45) is 5.73 Å². The Morgan fingerprint density at radius 3 is 2.59 bits per heavy atom. The maximum Gasteiger partial charge on any atom is 0.134 e. The molecule has 3 nitrogen and oxygen atoms in total. The largest absolute Gasteiger partial charge is 0.459 e. The standard InChI is InChI=1S/C14H20N2O/c1-3-16(4-2)10-12(15)14-9-11-7-5-6-8-13(11)17-14/h5-9,12H,3-4,10,15H2,1-2H3. The SMILES string of the molecule is CCN(CC)CC(N)c1cc2ccccc2o1. The van der Waals surface area contributed by atoms with Crippen molar-refractivity contribution in [2.75, 3.05) is 19.6 Å². The Kier molecular flexibility index (Phi) is 3.82. The number of nitrogens with zero attached hydrogens (tertiary/aromatic N) is 1. The third kappa shape index (κ3) is 2.68. The fourth-order valence-electron chi connectivity index (χ4n) is 2.04. The van der Waals surface area contributed by atoms with E-state index in [1.165, 1.54) is 0 Å². The van der Waals surface area contributed by atoms with Gasteiger partial charge >= 0.3 is 0 Å². The van der Waals surface area contributed by atoms with Crippen LogP contribution < -0.4 is 5.73 Å². The summed E-state index contributed by atoms with van der Waals surface area (Å²) in [6, 6.07) is 10.0. The van der Waals surface area contributed by atoms with Crippen molar-refractivity contribution in [3.63, 3.8) is 0 Å². The zero-order valence-electron chi connectivity index (χ0n) is 10.5. The number of likely N-dealkylation sites (N-methyl/N-ethyl adjacent to an activating group) is 1. The molecular weight excluding hydrogens is 212 g/mol. The van der Waals surface area contributed by atoms with E-state index in [1.807, 2.05) is 30.3 Å². The summed E-state index contributed by atoms with van der Waals surface area (Å²) in [4.78, 5) is 2.30. The highest BCUT2D eigenvalue weighted by Crippen LogP contribution is 2.23. The average Bonchev–Trinajstić information content (AvgIpc) is 2.79. The van der Waals surface area contributed by atoms with E-state index in [-0.39, 0.29) is 6.04 Å². The lowest BCUT2D eigenvalue weighted by molar-refractivity contribution is 0.273. The fourth-order valence-corrected chi connectivity index (χ4v) is 2.04. The number of hydrogen-bond donors (Lipinski definition) is 1. The first-order chi connectivity index (χ1) is 8.24. The van der Waals surface area contributed by atoms with Gasteiger partial charge in [-0.05, 0) is 25.2 Å². The van der Waals surface area contributed by atoms with Crippen molar-refractivity contribution in [3.8, 4) is 0 Å². The Labute approximate surface area is 102 Å². The van der Waals surface area contributed by atoms with Gasteiger partial charge < -0.3 is 15.1 Å². The quantitative estimate of drug-likeness (QED) is 0.862. The van der Waals surface area contributed by atoms with Gasteiger partial charge in [0.05, 0.1) is 6.04 Å². The van der Waals surface area contributed by atoms with Crippen LogP contribution in [-0.2, 0) is 0 Å². The molecule has 92 valence electrons. The molecule has 2 N–H and O–H groups in total. The summed E-state index contributed by atoms with van der Waals surface area (Å²) in [5.41, 5.74) is 7.09. The highest BCUT2D eigenvalue weighted by Gasteiger charge is 2.14. The molecule has 1 aromatic heterocycles. The van der Waals surface area contributed by atoms with E-state index >= 15 is 0 Å². The van der Waals surface area contributed by atoms with Gasteiger partial charge in [-0.2, -0.15) is 0 Å². The van der Waals surface area contributed by atoms with Crippen molar-refractivity contribution in [2.45, 2.75) is 19.9 Å². The lowest BCUT2D eigenvalue weighted by atomic mass is 10.2. The molecule has 0 radical (unpaired) electrons. The Balaban J connectivity index is 2.15.